The monoisotopic (exact) mass is 238 g/mol. The second-order valence-electron chi connectivity index (χ2n) is 7.46. The lowest BCUT2D eigenvalue weighted by molar-refractivity contribution is -1.20. The number of rotatable bonds is 2. The van der Waals surface area contributed by atoms with Crippen molar-refractivity contribution in [2.45, 2.75) is 46.2 Å². The summed E-state index contributed by atoms with van der Waals surface area (Å²) in [5.74, 6) is 0.592. The molecule has 3 heteroatoms. The third-order valence-electron chi connectivity index (χ3n) is 5.84. The molecule has 4 heterocycles. The quantitative estimate of drug-likeness (QED) is 0.627. The first-order valence-corrected chi connectivity index (χ1v) is 7.09. The smallest absolute Gasteiger partial charge is 0.216 e. The van der Waals surface area contributed by atoms with Crippen LogP contribution in [0.25, 0.3) is 0 Å². The van der Waals surface area contributed by atoms with E-state index in [4.69, 9.17) is 0 Å². The van der Waals surface area contributed by atoms with E-state index in [0.717, 1.165) is 39.0 Å². The van der Waals surface area contributed by atoms with Gasteiger partial charge in [-0.3, -0.25) is 14.6 Å². The van der Waals surface area contributed by atoms with Crippen LogP contribution >= 0.6 is 0 Å². The van der Waals surface area contributed by atoms with Crippen LogP contribution in [-0.4, -0.2) is 37.6 Å². The van der Waals surface area contributed by atoms with E-state index in [0.29, 0.717) is 11.4 Å². The molecule has 2 N–H and O–H groups in total. The zero-order valence-electron chi connectivity index (χ0n) is 11.7. The lowest BCUT2D eigenvalue weighted by atomic mass is 9.58. The summed E-state index contributed by atoms with van der Waals surface area (Å²) in [6.45, 7) is 13.5. The first-order valence-electron chi connectivity index (χ1n) is 7.09. The van der Waals surface area contributed by atoms with Gasteiger partial charge in [-0.1, -0.05) is 13.3 Å². The average Bonchev–Trinajstić information content (AvgIpc) is 2.20. The molecule has 17 heavy (non-hydrogen) atoms. The molecular formula is C14H26N2O+2. The van der Waals surface area contributed by atoms with Crippen molar-refractivity contribution in [3.8, 4) is 0 Å². The van der Waals surface area contributed by atoms with Crippen LogP contribution in [0.4, 0.5) is 0 Å². The second kappa shape index (κ2) is 3.12. The van der Waals surface area contributed by atoms with Crippen molar-refractivity contribution in [3.63, 3.8) is 0 Å². The van der Waals surface area contributed by atoms with Gasteiger partial charge in [-0.2, -0.15) is 0 Å². The lowest BCUT2D eigenvalue weighted by Crippen LogP contribution is -3.48. The summed E-state index contributed by atoms with van der Waals surface area (Å²) >= 11 is 0. The van der Waals surface area contributed by atoms with E-state index in [-0.39, 0.29) is 10.8 Å². The Morgan fingerprint density at radius 3 is 2.06 bits per heavy atom. The fraction of sp³-hybridized carbons (Fsp3) is 0.929. The van der Waals surface area contributed by atoms with Crippen molar-refractivity contribution in [2.75, 3.05) is 26.2 Å². The SMILES string of the molecule is CCCC12C[NH+]3CC(C)(C[NH+](C1)C3(C)C)C2=O. The van der Waals surface area contributed by atoms with Crippen molar-refractivity contribution in [1.29, 1.82) is 0 Å². The molecule has 4 fully saturated rings. The standard InChI is InChI=1S/C14H24N2O/c1-5-6-14-9-15-7-13(4,11(14)17)8-16(10-14)12(15,2)3/h5-10H2,1-4H3/p+2. The maximum absolute atomic E-state index is 12.8. The minimum absolute atomic E-state index is 0.0141. The van der Waals surface area contributed by atoms with Crippen LogP contribution < -0.4 is 9.80 Å². The van der Waals surface area contributed by atoms with Gasteiger partial charge in [0.2, 0.25) is 5.66 Å². The molecule has 0 aromatic heterocycles. The van der Waals surface area contributed by atoms with Crippen molar-refractivity contribution in [2.24, 2.45) is 10.8 Å². The van der Waals surface area contributed by atoms with Crippen molar-refractivity contribution >= 4 is 5.78 Å². The van der Waals surface area contributed by atoms with E-state index < -0.39 is 0 Å². The molecule has 4 aliphatic rings. The van der Waals surface area contributed by atoms with Gasteiger partial charge in [-0.05, 0) is 13.3 Å². The summed E-state index contributed by atoms with van der Waals surface area (Å²) < 4.78 is 0. The number of hydrogen-bond donors (Lipinski definition) is 2. The number of ketones is 1. The maximum Gasteiger partial charge on any atom is 0.216 e. The van der Waals surface area contributed by atoms with E-state index in [1.807, 2.05) is 0 Å². The highest BCUT2D eigenvalue weighted by molar-refractivity contribution is 5.91. The summed E-state index contributed by atoms with van der Waals surface area (Å²) in [6.07, 6.45) is 2.24. The highest BCUT2D eigenvalue weighted by Gasteiger charge is 2.71. The number of hydrogen-bond acceptors (Lipinski definition) is 1. The fourth-order valence-electron chi connectivity index (χ4n) is 4.87. The lowest BCUT2D eigenvalue weighted by Gasteiger charge is -2.63. The third kappa shape index (κ3) is 1.27. The number of carbonyl (C=O) groups is 1. The highest BCUT2D eigenvalue weighted by Crippen LogP contribution is 2.38. The Morgan fingerprint density at radius 1 is 1.06 bits per heavy atom. The van der Waals surface area contributed by atoms with Gasteiger partial charge in [0.15, 0.2) is 5.78 Å². The first-order chi connectivity index (χ1) is 7.84. The van der Waals surface area contributed by atoms with Gasteiger partial charge in [0.1, 0.15) is 23.9 Å². The molecule has 0 radical (unpaired) electrons. The van der Waals surface area contributed by atoms with Gasteiger partial charge in [0, 0.05) is 13.8 Å². The predicted molar refractivity (Wildman–Crippen MR) is 65.9 cm³/mol. The van der Waals surface area contributed by atoms with Crippen LogP contribution in [0.2, 0.25) is 0 Å². The molecule has 0 amide bonds. The van der Waals surface area contributed by atoms with Crippen LogP contribution in [0.3, 0.4) is 0 Å². The fourth-order valence-corrected chi connectivity index (χ4v) is 4.87. The molecule has 4 aliphatic heterocycles. The molecule has 0 saturated carbocycles. The van der Waals surface area contributed by atoms with Gasteiger partial charge in [0.25, 0.3) is 0 Å². The Balaban J connectivity index is 2.04. The Hall–Kier alpha value is -0.410. The van der Waals surface area contributed by atoms with E-state index in [2.05, 4.69) is 27.7 Å². The van der Waals surface area contributed by atoms with Gasteiger partial charge in [-0.25, -0.2) is 0 Å². The summed E-state index contributed by atoms with van der Waals surface area (Å²) in [4.78, 5) is 16.1. The molecule has 4 rings (SSSR count). The minimum Gasteiger partial charge on any atom is -0.297 e. The number of quaternary nitrogens is 2. The summed E-state index contributed by atoms with van der Waals surface area (Å²) in [5, 5.41) is 0. The predicted octanol–water partition coefficient (Wildman–Crippen LogP) is -1.10. The Labute approximate surface area is 104 Å². The topological polar surface area (TPSA) is 26.0 Å². The van der Waals surface area contributed by atoms with Crippen LogP contribution in [-0.2, 0) is 4.79 Å². The molecular weight excluding hydrogens is 212 g/mol. The van der Waals surface area contributed by atoms with Crippen molar-refractivity contribution in [3.05, 3.63) is 0 Å². The highest BCUT2D eigenvalue weighted by atomic mass is 16.1. The van der Waals surface area contributed by atoms with Gasteiger partial charge >= 0.3 is 0 Å². The Morgan fingerprint density at radius 2 is 1.59 bits per heavy atom. The minimum atomic E-state index is -0.0359. The number of nitrogens with one attached hydrogen (secondary N) is 2. The number of carbonyl (C=O) groups excluding carboxylic acids is 1. The Kier molecular flexibility index (Phi) is 2.14. The molecule has 3 nitrogen and oxygen atoms in total. The largest absolute Gasteiger partial charge is 0.297 e. The number of Topliss-reactive ketones (excluding diaryl/α,β-unsaturated/α-hetero) is 1. The maximum atomic E-state index is 12.8. The molecule has 0 aromatic carbocycles. The second-order valence-corrected chi connectivity index (χ2v) is 7.46. The molecule has 0 spiro atoms. The van der Waals surface area contributed by atoms with Gasteiger partial charge in [-0.15, -0.1) is 0 Å². The summed E-state index contributed by atoms with van der Waals surface area (Å²) in [6, 6.07) is 0. The van der Waals surface area contributed by atoms with Crippen LogP contribution in [0.1, 0.15) is 40.5 Å². The van der Waals surface area contributed by atoms with Crippen molar-refractivity contribution < 1.29 is 14.6 Å². The zero-order valence-corrected chi connectivity index (χ0v) is 11.7. The third-order valence-corrected chi connectivity index (χ3v) is 5.84. The van der Waals surface area contributed by atoms with Crippen molar-refractivity contribution in [1.82, 2.24) is 0 Å². The van der Waals surface area contributed by atoms with Crippen LogP contribution in [0, 0.1) is 10.8 Å². The molecule has 2 unspecified atom stereocenters. The van der Waals surface area contributed by atoms with Crippen LogP contribution in [0.5, 0.6) is 0 Å². The van der Waals surface area contributed by atoms with E-state index in [1.54, 1.807) is 9.80 Å². The first kappa shape index (κ1) is 11.7. The Bertz CT molecular complexity index is 356. The van der Waals surface area contributed by atoms with Crippen LogP contribution in [0.15, 0.2) is 0 Å². The molecule has 2 atom stereocenters. The van der Waals surface area contributed by atoms with Gasteiger partial charge < -0.3 is 0 Å². The zero-order chi connectivity index (χ0) is 12.5. The average molecular weight is 238 g/mol. The molecule has 96 valence electrons. The van der Waals surface area contributed by atoms with Gasteiger partial charge in [0.05, 0.1) is 13.1 Å². The molecule has 0 aliphatic carbocycles. The molecule has 0 aromatic rings. The molecule has 4 saturated heterocycles. The van der Waals surface area contributed by atoms with E-state index in [1.165, 1.54) is 0 Å². The summed E-state index contributed by atoms with van der Waals surface area (Å²) in [5.41, 5.74) is 0.295. The normalized spacial score (nSPS) is 50.9. The van der Waals surface area contributed by atoms with E-state index in [9.17, 15) is 4.79 Å². The summed E-state index contributed by atoms with van der Waals surface area (Å²) in [7, 11) is 0. The number of piperidine rings is 2. The molecule has 4 bridgehead atoms. The van der Waals surface area contributed by atoms with E-state index >= 15 is 0 Å².